The number of hydrogen-bond acceptors (Lipinski definition) is 4. The van der Waals surface area contributed by atoms with Crippen LogP contribution in [0.3, 0.4) is 0 Å². The Balaban J connectivity index is 1.66. The van der Waals surface area contributed by atoms with Crippen molar-refractivity contribution >= 4 is 0 Å². The molecule has 106 valence electrons. The summed E-state index contributed by atoms with van der Waals surface area (Å²) in [6.45, 7) is 6.06. The molecule has 1 aromatic heterocycles. The fourth-order valence-corrected chi connectivity index (χ4v) is 3.69. The predicted octanol–water partition coefficient (Wildman–Crippen LogP) is 1.32. The summed E-state index contributed by atoms with van der Waals surface area (Å²) in [5, 5.41) is 12.2. The van der Waals surface area contributed by atoms with Gasteiger partial charge >= 0.3 is 0 Å². The molecule has 0 amide bonds. The number of fused-ring (bicyclic) bond motifs is 2. The maximum atomic E-state index is 4.33. The van der Waals surface area contributed by atoms with E-state index in [9.17, 15) is 0 Å². The van der Waals surface area contributed by atoms with E-state index in [-0.39, 0.29) is 0 Å². The van der Waals surface area contributed by atoms with Crippen LogP contribution in [0.15, 0.2) is 0 Å². The lowest BCUT2D eigenvalue weighted by Crippen LogP contribution is -2.46. The molecule has 2 unspecified atom stereocenters. The van der Waals surface area contributed by atoms with Gasteiger partial charge < -0.3 is 9.88 Å². The number of hydrogen-bond donors (Lipinski definition) is 1. The molecule has 19 heavy (non-hydrogen) atoms. The molecule has 1 N–H and O–H groups in total. The highest BCUT2D eigenvalue weighted by Gasteiger charge is 2.35. The van der Waals surface area contributed by atoms with Crippen molar-refractivity contribution in [3.63, 3.8) is 0 Å². The molecule has 5 nitrogen and oxygen atoms in total. The molecule has 2 aliphatic rings. The molecule has 3 heterocycles. The summed E-state index contributed by atoms with van der Waals surface area (Å²) in [7, 11) is 2.24. The third kappa shape index (κ3) is 2.54. The van der Waals surface area contributed by atoms with E-state index < -0.39 is 0 Å². The normalized spacial score (nSPS) is 30.2. The molecule has 2 aliphatic heterocycles. The summed E-state index contributed by atoms with van der Waals surface area (Å²) < 4.78 is 2.21. The van der Waals surface area contributed by atoms with Gasteiger partial charge in [-0.1, -0.05) is 0 Å². The third-order valence-corrected chi connectivity index (χ3v) is 4.79. The Morgan fingerprint density at radius 3 is 2.58 bits per heavy atom. The molecular formula is C14H25N5. The van der Waals surface area contributed by atoms with Gasteiger partial charge in [0.2, 0.25) is 0 Å². The van der Waals surface area contributed by atoms with Gasteiger partial charge in [-0.3, -0.25) is 4.90 Å². The summed E-state index contributed by atoms with van der Waals surface area (Å²) >= 11 is 0. The smallest absolute Gasteiger partial charge is 0.147 e. The van der Waals surface area contributed by atoms with Gasteiger partial charge in [0.05, 0.1) is 6.54 Å². The number of nitrogens with one attached hydrogen (secondary N) is 1. The molecule has 0 radical (unpaired) electrons. The Kier molecular flexibility index (Phi) is 3.58. The Hall–Kier alpha value is -0.940. The van der Waals surface area contributed by atoms with Crippen molar-refractivity contribution in [1.29, 1.82) is 0 Å². The molecule has 3 rings (SSSR count). The molecule has 0 aliphatic carbocycles. The quantitative estimate of drug-likeness (QED) is 0.890. The molecule has 2 saturated heterocycles. The molecule has 2 fully saturated rings. The van der Waals surface area contributed by atoms with E-state index in [0.29, 0.717) is 6.04 Å². The third-order valence-electron chi connectivity index (χ3n) is 4.79. The van der Waals surface area contributed by atoms with E-state index in [4.69, 9.17) is 0 Å². The second-order valence-electron chi connectivity index (χ2n) is 6.09. The van der Waals surface area contributed by atoms with Crippen LogP contribution in [-0.2, 0) is 13.1 Å². The molecule has 5 heteroatoms. The van der Waals surface area contributed by atoms with E-state index in [2.05, 4.69) is 39.0 Å². The lowest BCUT2D eigenvalue weighted by atomic mass is 9.98. The van der Waals surface area contributed by atoms with E-state index in [1.807, 2.05) is 6.92 Å². The maximum Gasteiger partial charge on any atom is 0.147 e. The van der Waals surface area contributed by atoms with E-state index in [1.165, 1.54) is 25.7 Å². The van der Waals surface area contributed by atoms with Crippen molar-refractivity contribution in [2.45, 2.75) is 70.7 Å². The van der Waals surface area contributed by atoms with Crippen LogP contribution < -0.4 is 5.32 Å². The Labute approximate surface area is 115 Å². The Bertz CT molecular complexity index is 429. The van der Waals surface area contributed by atoms with E-state index in [0.717, 1.165) is 36.8 Å². The second kappa shape index (κ2) is 5.21. The molecule has 2 atom stereocenters. The molecule has 0 spiro atoms. The lowest BCUT2D eigenvalue weighted by Gasteiger charge is -2.35. The number of aromatic nitrogens is 3. The Morgan fingerprint density at radius 2 is 1.95 bits per heavy atom. The SMILES string of the molecule is CCn1c(C)nnc1CN(C)C1CC2CCC(C1)N2. The van der Waals surface area contributed by atoms with Gasteiger partial charge in [-0.2, -0.15) is 0 Å². The van der Waals surface area contributed by atoms with Crippen LogP contribution in [-0.4, -0.2) is 44.8 Å². The minimum Gasteiger partial charge on any atom is -0.314 e. The Morgan fingerprint density at radius 1 is 1.26 bits per heavy atom. The number of piperidine rings is 1. The van der Waals surface area contributed by atoms with E-state index in [1.54, 1.807) is 0 Å². The van der Waals surface area contributed by atoms with Gasteiger partial charge in [-0.05, 0) is 46.6 Å². The zero-order valence-corrected chi connectivity index (χ0v) is 12.3. The highest BCUT2D eigenvalue weighted by atomic mass is 15.3. The highest BCUT2D eigenvalue weighted by Crippen LogP contribution is 2.29. The van der Waals surface area contributed by atoms with Crippen LogP contribution in [0.25, 0.3) is 0 Å². The molecule has 0 aromatic carbocycles. The van der Waals surface area contributed by atoms with Crippen LogP contribution in [0.4, 0.5) is 0 Å². The summed E-state index contributed by atoms with van der Waals surface area (Å²) in [4.78, 5) is 2.47. The van der Waals surface area contributed by atoms with Gasteiger partial charge in [-0.25, -0.2) is 0 Å². The molecular weight excluding hydrogens is 238 g/mol. The van der Waals surface area contributed by atoms with Crippen LogP contribution in [0.5, 0.6) is 0 Å². The summed E-state index contributed by atoms with van der Waals surface area (Å²) in [6.07, 6.45) is 5.29. The first-order valence-electron chi connectivity index (χ1n) is 7.52. The van der Waals surface area contributed by atoms with Crippen LogP contribution in [0.2, 0.25) is 0 Å². The summed E-state index contributed by atoms with van der Waals surface area (Å²) in [5.41, 5.74) is 0. The van der Waals surface area contributed by atoms with Crippen molar-refractivity contribution in [3.05, 3.63) is 11.6 Å². The zero-order chi connectivity index (χ0) is 13.4. The van der Waals surface area contributed by atoms with Crippen LogP contribution >= 0.6 is 0 Å². The topological polar surface area (TPSA) is 46.0 Å². The number of nitrogens with zero attached hydrogens (tertiary/aromatic N) is 4. The predicted molar refractivity (Wildman–Crippen MR) is 74.9 cm³/mol. The maximum absolute atomic E-state index is 4.33. The van der Waals surface area contributed by atoms with E-state index >= 15 is 0 Å². The van der Waals surface area contributed by atoms with Crippen molar-refractivity contribution < 1.29 is 0 Å². The average molecular weight is 263 g/mol. The first-order chi connectivity index (χ1) is 9.17. The van der Waals surface area contributed by atoms with Crippen molar-refractivity contribution in [1.82, 2.24) is 25.0 Å². The molecule has 1 aromatic rings. The van der Waals surface area contributed by atoms with Gasteiger partial charge in [-0.15, -0.1) is 10.2 Å². The van der Waals surface area contributed by atoms with Crippen LogP contribution in [0, 0.1) is 6.92 Å². The highest BCUT2D eigenvalue weighted by molar-refractivity contribution is 4.98. The number of rotatable bonds is 4. The molecule has 2 bridgehead atoms. The first-order valence-corrected chi connectivity index (χ1v) is 7.52. The average Bonchev–Trinajstić information content (AvgIpc) is 2.92. The standard InChI is InChI=1S/C14H25N5/c1-4-19-10(2)16-17-14(19)9-18(3)13-7-11-5-6-12(8-13)15-11/h11-13,15H,4-9H2,1-3H3. The fourth-order valence-electron chi connectivity index (χ4n) is 3.69. The fraction of sp³-hybridized carbons (Fsp3) is 0.857. The zero-order valence-electron chi connectivity index (χ0n) is 12.3. The first kappa shape index (κ1) is 13.1. The van der Waals surface area contributed by atoms with Gasteiger partial charge in [0.1, 0.15) is 11.6 Å². The summed E-state index contributed by atoms with van der Waals surface area (Å²) in [5.74, 6) is 2.13. The minimum atomic E-state index is 0.695. The van der Waals surface area contributed by atoms with Gasteiger partial charge in [0, 0.05) is 24.7 Å². The van der Waals surface area contributed by atoms with Crippen molar-refractivity contribution in [3.8, 4) is 0 Å². The monoisotopic (exact) mass is 263 g/mol. The largest absolute Gasteiger partial charge is 0.314 e. The number of aryl methyl sites for hydroxylation is 1. The van der Waals surface area contributed by atoms with Crippen LogP contribution in [0.1, 0.15) is 44.3 Å². The molecule has 0 saturated carbocycles. The summed E-state index contributed by atoms with van der Waals surface area (Å²) in [6, 6.07) is 2.19. The lowest BCUT2D eigenvalue weighted by molar-refractivity contribution is 0.161. The van der Waals surface area contributed by atoms with Crippen molar-refractivity contribution in [2.24, 2.45) is 0 Å². The van der Waals surface area contributed by atoms with Gasteiger partial charge in [0.15, 0.2) is 0 Å². The van der Waals surface area contributed by atoms with Gasteiger partial charge in [0.25, 0.3) is 0 Å². The second-order valence-corrected chi connectivity index (χ2v) is 6.09. The van der Waals surface area contributed by atoms with Crippen molar-refractivity contribution in [2.75, 3.05) is 7.05 Å². The minimum absolute atomic E-state index is 0.695.